The number of benzene rings is 2. The number of halogens is 3. The minimum atomic E-state index is -0.891. The minimum absolute atomic E-state index is 0.0268. The first-order chi connectivity index (χ1) is 9.13. The van der Waals surface area contributed by atoms with Crippen LogP contribution in [0.3, 0.4) is 0 Å². The fraction of sp³-hybridized carbons (Fsp3) is 0.0667. The molecule has 97 valence electrons. The van der Waals surface area contributed by atoms with E-state index in [2.05, 4.69) is 12.6 Å². The van der Waals surface area contributed by atoms with E-state index in [4.69, 9.17) is 4.74 Å². The Kier molecular flexibility index (Phi) is 3.90. The summed E-state index contributed by atoms with van der Waals surface area (Å²) in [5.74, 6) is -2.56. The summed E-state index contributed by atoms with van der Waals surface area (Å²) in [7, 11) is 0. The molecule has 0 atom stereocenters. The average molecular weight is 263 g/mol. The SMILES string of the molecule is C=CCOc1cc(F)c(-c2ccc[c]c2F)c(F)c1. The highest BCUT2D eigenvalue weighted by molar-refractivity contribution is 5.66. The van der Waals surface area contributed by atoms with Crippen LogP contribution >= 0.6 is 0 Å². The highest BCUT2D eigenvalue weighted by atomic mass is 19.1. The maximum Gasteiger partial charge on any atom is 0.139 e. The smallest absolute Gasteiger partial charge is 0.139 e. The van der Waals surface area contributed by atoms with E-state index in [0.29, 0.717) is 0 Å². The van der Waals surface area contributed by atoms with Crippen molar-refractivity contribution >= 4 is 0 Å². The summed E-state index contributed by atoms with van der Waals surface area (Å²) in [4.78, 5) is 0. The van der Waals surface area contributed by atoms with Gasteiger partial charge in [-0.2, -0.15) is 0 Å². The Labute approximate surface area is 109 Å². The highest BCUT2D eigenvalue weighted by Gasteiger charge is 2.16. The van der Waals surface area contributed by atoms with Gasteiger partial charge in [-0.15, -0.1) is 0 Å². The van der Waals surface area contributed by atoms with E-state index < -0.39 is 23.0 Å². The minimum Gasteiger partial charge on any atom is -0.489 e. The third kappa shape index (κ3) is 2.78. The van der Waals surface area contributed by atoms with Gasteiger partial charge in [0, 0.05) is 23.8 Å². The second-order valence-corrected chi connectivity index (χ2v) is 3.76. The van der Waals surface area contributed by atoms with E-state index in [-0.39, 0.29) is 17.9 Å². The lowest BCUT2D eigenvalue weighted by molar-refractivity contribution is 0.358. The van der Waals surface area contributed by atoms with Crippen molar-refractivity contribution in [2.24, 2.45) is 0 Å². The van der Waals surface area contributed by atoms with Crippen molar-refractivity contribution in [2.75, 3.05) is 6.61 Å². The van der Waals surface area contributed by atoms with Gasteiger partial charge in [-0.1, -0.05) is 30.9 Å². The molecule has 0 aliphatic heterocycles. The summed E-state index contributed by atoms with van der Waals surface area (Å²) < 4.78 is 46.3. The number of rotatable bonds is 4. The lowest BCUT2D eigenvalue weighted by atomic mass is 10.0. The van der Waals surface area contributed by atoms with Crippen molar-refractivity contribution in [1.82, 2.24) is 0 Å². The van der Waals surface area contributed by atoms with Crippen molar-refractivity contribution in [3.63, 3.8) is 0 Å². The standard InChI is InChI=1S/C15H10F3O/c1-2-7-19-10-8-13(17)15(14(18)9-10)11-5-3-4-6-12(11)16/h2-5,8-9H,1,7H2. The van der Waals surface area contributed by atoms with Gasteiger partial charge in [0.05, 0.1) is 5.56 Å². The van der Waals surface area contributed by atoms with Crippen LogP contribution in [0.25, 0.3) is 11.1 Å². The van der Waals surface area contributed by atoms with Gasteiger partial charge in [0.1, 0.15) is 29.8 Å². The molecule has 19 heavy (non-hydrogen) atoms. The van der Waals surface area contributed by atoms with Crippen LogP contribution in [0.2, 0.25) is 0 Å². The first-order valence-electron chi connectivity index (χ1n) is 5.52. The second kappa shape index (κ2) is 5.61. The quantitative estimate of drug-likeness (QED) is 0.753. The van der Waals surface area contributed by atoms with Gasteiger partial charge in [-0.25, -0.2) is 13.2 Å². The van der Waals surface area contributed by atoms with E-state index in [9.17, 15) is 13.2 Å². The zero-order valence-electron chi connectivity index (χ0n) is 9.92. The Morgan fingerprint density at radius 3 is 2.47 bits per heavy atom. The molecular formula is C15H10F3O. The van der Waals surface area contributed by atoms with Gasteiger partial charge >= 0.3 is 0 Å². The lowest BCUT2D eigenvalue weighted by Crippen LogP contribution is -1.98. The summed E-state index contributed by atoms with van der Waals surface area (Å²) in [5.41, 5.74) is -0.604. The largest absolute Gasteiger partial charge is 0.489 e. The third-order valence-corrected chi connectivity index (χ3v) is 2.46. The van der Waals surface area contributed by atoms with Crippen LogP contribution < -0.4 is 4.74 Å². The monoisotopic (exact) mass is 263 g/mol. The summed E-state index contributed by atoms with van der Waals surface area (Å²) in [6.07, 6.45) is 1.45. The molecule has 0 unspecified atom stereocenters. The van der Waals surface area contributed by atoms with Crippen LogP contribution in [-0.2, 0) is 0 Å². The van der Waals surface area contributed by atoms with Crippen LogP contribution in [0.4, 0.5) is 13.2 Å². The zero-order chi connectivity index (χ0) is 13.8. The first kappa shape index (κ1) is 13.2. The number of hydrogen-bond acceptors (Lipinski definition) is 1. The molecule has 1 radical (unpaired) electrons. The molecule has 4 heteroatoms. The van der Waals surface area contributed by atoms with Crippen LogP contribution in [-0.4, -0.2) is 6.61 Å². The van der Waals surface area contributed by atoms with Gasteiger partial charge in [0.2, 0.25) is 0 Å². The summed E-state index contributed by atoms with van der Waals surface area (Å²) in [5, 5.41) is 0. The van der Waals surface area contributed by atoms with Gasteiger partial charge in [-0.3, -0.25) is 0 Å². The van der Waals surface area contributed by atoms with Crippen LogP contribution in [0.1, 0.15) is 0 Å². The molecule has 2 aromatic carbocycles. The Morgan fingerprint density at radius 2 is 1.89 bits per heavy atom. The van der Waals surface area contributed by atoms with Crippen LogP contribution in [0.15, 0.2) is 43.0 Å². The van der Waals surface area contributed by atoms with E-state index >= 15 is 0 Å². The molecule has 0 spiro atoms. The fourth-order valence-electron chi connectivity index (χ4n) is 1.66. The summed E-state index contributed by atoms with van der Waals surface area (Å²) >= 11 is 0. The predicted molar refractivity (Wildman–Crippen MR) is 66.3 cm³/mol. The van der Waals surface area contributed by atoms with E-state index in [1.165, 1.54) is 24.3 Å². The van der Waals surface area contributed by atoms with Crippen molar-refractivity contribution in [1.29, 1.82) is 0 Å². The normalized spacial score (nSPS) is 10.3. The molecule has 0 aromatic heterocycles. The molecule has 0 bridgehead atoms. The molecule has 1 nitrogen and oxygen atoms in total. The molecule has 0 amide bonds. The number of ether oxygens (including phenoxy) is 1. The van der Waals surface area contributed by atoms with E-state index in [0.717, 1.165) is 12.1 Å². The van der Waals surface area contributed by atoms with E-state index in [1.807, 2.05) is 0 Å². The molecule has 0 heterocycles. The Hall–Kier alpha value is -2.23. The molecule has 2 rings (SSSR count). The Morgan fingerprint density at radius 1 is 1.21 bits per heavy atom. The van der Waals surface area contributed by atoms with Gasteiger partial charge in [0.25, 0.3) is 0 Å². The molecule has 0 N–H and O–H groups in total. The van der Waals surface area contributed by atoms with E-state index in [1.54, 1.807) is 0 Å². The van der Waals surface area contributed by atoms with Gasteiger partial charge in [-0.05, 0) is 0 Å². The topological polar surface area (TPSA) is 9.23 Å². The summed E-state index contributed by atoms with van der Waals surface area (Å²) in [6, 6.07) is 8.35. The van der Waals surface area contributed by atoms with Crippen molar-refractivity contribution in [3.05, 3.63) is 66.5 Å². The maximum atomic E-state index is 13.9. The molecule has 0 aliphatic carbocycles. The molecule has 0 saturated heterocycles. The molecule has 0 aliphatic rings. The average Bonchev–Trinajstić information content (AvgIpc) is 2.38. The maximum absolute atomic E-state index is 13.9. The number of hydrogen-bond donors (Lipinski definition) is 0. The molecule has 0 fully saturated rings. The molecular weight excluding hydrogens is 253 g/mol. The van der Waals surface area contributed by atoms with Crippen molar-refractivity contribution in [3.8, 4) is 16.9 Å². The van der Waals surface area contributed by atoms with Crippen molar-refractivity contribution < 1.29 is 17.9 Å². The van der Waals surface area contributed by atoms with Crippen molar-refractivity contribution in [2.45, 2.75) is 0 Å². The lowest BCUT2D eigenvalue weighted by Gasteiger charge is -2.09. The Balaban J connectivity index is 2.48. The molecule has 0 saturated carbocycles. The van der Waals surface area contributed by atoms with Gasteiger partial charge < -0.3 is 4.74 Å². The highest BCUT2D eigenvalue weighted by Crippen LogP contribution is 2.31. The second-order valence-electron chi connectivity index (χ2n) is 3.76. The third-order valence-electron chi connectivity index (χ3n) is 2.46. The summed E-state index contributed by atoms with van der Waals surface area (Å²) in [6.45, 7) is 3.56. The van der Waals surface area contributed by atoms with Crippen LogP contribution in [0.5, 0.6) is 5.75 Å². The Bertz CT molecular complexity index is 585. The fourth-order valence-corrected chi connectivity index (χ4v) is 1.66. The molecule has 2 aromatic rings. The van der Waals surface area contributed by atoms with Crippen LogP contribution in [0, 0.1) is 23.5 Å². The first-order valence-corrected chi connectivity index (χ1v) is 5.52. The van der Waals surface area contributed by atoms with Gasteiger partial charge in [0.15, 0.2) is 0 Å². The predicted octanol–water partition coefficient (Wildman–Crippen LogP) is 4.14. The zero-order valence-corrected chi connectivity index (χ0v) is 9.92.